The van der Waals surface area contributed by atoms with Crippen LogP contribution in [0.4, 0.5) is 5.69 Å². The number of carboxylic acids is 1. The zero-order valence-corrected chi connectivity index (χ0v) is 15.0. The number of nitrogens with zero attached hydrogens (tertiary/aromatic N) is 1. The third-order valence-electron chi connectivity index (χ3n) is 3.45. The lowest BCUT2D eigenvalue weighted by Crippen LogP contribution is -2.02. The van der Waals surface area contributed by atoms with E-state index in [0.717, 1.165) is 12.0 Å². The van der Waals surface area contributed by atoms with Crippen molar-refractivity contribution in [3.8, 4) is 17.2 Å². The lowest BCUT2D eigenvalue weighted by molar-refractivity contribution is 0.0697. The molecule has 2 aromatic rings. The van der Waals surface area contributed by atoms with Crippen LogP contribution < -0.4 is 19.6 Å². The normalized spacial score (nSPS) is 10.6. The molecular formula is C19H22N2O5. The molecule has 0 amide bonds. The Morgan fingerprint density at radius 2 is 1.88 bits per heavy atom. The molecule has 0 aliphatic heterocycles. The second-order valence-corrected chi connectivity index (χ2v) is 5.36. The summed E-state index contributed by atoms with van der Waals surface area (Å²) < 4.78 is 16.5. The van der Waals surface area contributed by atoms with Crippen LogP contribution in [0, 0.1) is 0 Å². The van der Waals surface area contributed by atoms with Gasteiger partial charge in [-0.1, -0.05) is 13.0 Å². The highest BCUT2D eigenvalue weighted by Gasteiger charge is 2.13. The fourth-order valence-electron chi connectivity index (χ4n) is 2.22. The van der Waals surface area contributed by atoms with Crippen LogP contribution in [0.2, 0.25) is 0 Å². The standard InChI is InChI=1S/C19H22N2O5/c1-4-8-26-18-16(24-2)9-13(10-17(18)25-3)12-20-21-15-7-5-6-14(11-15)19(22)23/h5-7,9-12,21H,4,8H2,1-3H3,(H,22,23)/b20-12+. The topological polar surface area (TPSA) is 89.4 Å². The van der Waals surface area contributed by atoms with Crippen LogP contribution in [0.5, 0.6) is 17.2 Å². The molecule has 0 radical (unpaired) electrons. The third-order valence-corrected chi connectivity index (χ3v) is 3.45. The second-order valence-electron chi connectivity index (χ2n) is 5.36. The van der Waals surface area contributed by atoms with Gasteiger partial charge in [0, 0.05) is 5.56 Å². The second kappa shape index (κ2) is 9.31. The molecule has 2 aromatic carbocycles. The Balaban J connectivity index is 2.19. The number of methoxy groups -OCH3 is 2. The molecule has 0 spiro atoms. The molecule has 2 rings (SSSR count). The monoisotopic (exact) mass is 358 g/mol. The summed E-state index contributed by atoms with van der Waals surface area (Å²) in [4.78, 5) is 11.0. The quantitative estimate of drug-likeness (QED) is 0.525. The summed E-state index contributed by atoms with van der Waals surface area (Å²) in [7, 11) is 3.12. The number of nitrogens with one attached hydrogen (secondary N) is 1. The smallest absolute Gasteiger partial charge is 0.335 e. The highest BCUT2D eigenvalue weighted by Crippen LogP contribution is 2.38. The maximum absolute atomic E-state index is 11.0. The minimum Gasteiger partial charge on any atom is -0.493 e. The Morgan fingerprint density at radius 3 is 2.46 bits per heavy atom. The molecule has 0 unspecified atom stereocenters. The number of aromatic carboxylic acids is 1. The van der Waals surface area contributed by atoms with Crippen molar-refractivity contribution in [2.75, 3.05) is 26.3 Å². The highest BCUT2D eigenvalue weighted by molar-refractivity contribution is 5.89. The first-order chi connectivity index (χ1) is 12.6. The van der Waals surface area contributed by atoms with Crippen LogP contribution in [0.1, 0.15) is 29.3 Å². The molecule has 0 fully saturated rings. The highest BCUT2D eigenvalue weighted by atomic mass is 16.5. The van der Waals surface area contributed by atoms with E-state index in [1.807, 2.05) is 6.92 Å². The van der Waals surface area contributed by atoms with Gasteiger partial charge >= 0.3 is 5.97 Å². The predicted molar refractivity (Wildman–Crippen MR) is 100.0 cm³/mol. The van der Waals surface area contributed by atoms with E-state index < -0.39 is 5.97 Å². The van der Waals surface area contributed by atoms with Crippen molar-refractivity contribution in [1.82, 2.24) is 0 Å². The molecule has 0 saturated carbocycles. The number of carboxylic acid groups (broad SMARTS) is 1. The third kappa shape index (κ3) is 4.89. The Bertz CT molecular complexity index is 764. The SMILES string of the molecule is CCCOc1c(OC)cc(/C=N/Nc2cccc(C(=O)O)c2)cc1OC. The lowest BCUT2D eigenvalue weighted by atomic mass is 10.2. The van der Waals surface area contributed by atoms with E-state index in [1.54, 1.807) is 44.7 Å². The molecule has 0 aliphatic carbocycles. The number of anilines is 1. The Labute approximate surface area is 152 Å². The number of benzene rings is 2. The molecule has 7 heteroatoms. The fraction of sp³-hybridized carbons (Fsp3) is 0.263. The van der Waals surface area contributed by atoms with E-state index >= 15 is 0 Å². The van der Waals surface area contributed by atoms with E-state index in [-0.39, 0.29) is 5.56 Å². The number of hydrogen-bond donors (Lipinski definition) is 2. The maximum atomic E-state index is 11.0. The van der Waals surface area contributed by atoms with Gasteiger partial charge in [0.1, 0.15) is 0 Å². The van der Waals surface area contributed by atoms with Crippen molar-refractivity contribution in [1.29, 1.82) is 0 Å². The van der Waals surface area contributed by atoms with Gasteiger partial charge in [0.25, 0.3) is 0 Å². The van der Waals surface area contributed by atoms with Crippen molar-refractivity contribution in [3.05, 3.63) is 47.5 Å². The minimum absolute atomic E-state index is 0.186. The summed E-state index contributed by atoms with van der Waals surface area (Å²) in [5, 5.41) is 13.1. The van der Waals surface area contributed by atoms with Gasteiger partial charge in [-0.2, -0.15) is 5.10 Å². The van der Waals surface area contributed by atoms with Gasteiger partial charge < -0.3 is 19.3 Å². The zero-order chi connectivity index (χ0) is 18.9. The maximum Gasteiger partial charge on any atom is 0.335 e. The summed E-state index contributed by atoms with van der Waals surface area (Å²) in [6.45, 7) is 2.58. The van der Waals surface area contributed by atoms with Gasteiger partial charge in [-0.15, -0.1) is 0 Å². The van der Waals surface area contributed by atoms with Crippen LogP contribution in [-0.2, 0) is 0 Å². The molecule has 0 atom stereocenters. The lowest BCUT2D eigenvalue weighted by Gasteiger charge is -2.14. The summed E-state index contributed by atoms with van der Waals surface area (Å²) >= 11 is 0. The van der Waals surface area contributed by atoms with Crippen molar-refractivity contribution in [3.63, 3.8) is 0 Å². The van der Waals surface area contributed by atoms with Crippen LogP contribution >= 0.6 is 0 Å². The molecule has 2 N–H and O–H groups in total. The van der Waals surface area contributed by atoms with Crippen LogP contribution in [0.25, 0.3) is 0 Å². The van der Waals surface area contributed by atoms with Crippen LogP contribution in [-0.4, -0.2) is 38.1 Å². The van der Waals surface area contributed by atoms with Crippen molar-refractivity contribution < 1.29 is 24.1 Å². The first-order valence-electron chi connectivity index (χ1n) is 8.10. The number of hydrogen-bond acceptors (Lipinski definition) is 6. The van der Waals surface area contributed by atoms with E-state index in [0.29, 0.717) is 29.5 Å². The number of rotatable bonds is 9. The molecule has 138 valence electrons. The van der Waals surface area contributed by atoms with E-state index in [9.17, 15) is 4.79 Å². The van der Waals surface area contributed by atoms with Crippen LogP contribution in [0.3, 0.4) is 0 Å². The van der Waals surface area contributed by atoms with Gasteiger partial charge in [-0.05, 0) is 36.8 Å². The number of carbonyl (C=O) groups is 1. The summed E-state index contributed by atoms with van der Waals surface area (Å²) in [5.41, 5.74) is 4.30. The molecule has 26 heavy (non-hydrogen) atoms. The van der Waals surface area contributed by atoms with Gasteiger partial charge in [-0.3, -0.25) is 5.43 Å². The van der Waals surface area contributed by atoms with Gasteiger partial charge in [0.15, 0.2) is 11.5 Å². The summed E-state index contributed by atoms with van der Waals surface area (Å²) in [6.07, 6.45) is 2.46. The molecular weight excluding hydrogens is 336 g/mol. The fourth-order valence-corrected chi connectivity index (χ4v) is 2.22. The summed E-state index contributed by atoms with van der Waals surface area (Å²) in [6, 6.07) is 9.96. The van der Waals surface area contributed by atoms with Gasteiger partial charge in [0.2, 0.25) is 5.75 Å². The average molecular weight is 358 g/mol. The molecule has 7 nitrogen and oxygen atoms in total. The first-order valence-corrected chi connectivity index (χ1v) is 8.10. The minimum atomic E-state index is -0.991. The molecule has 0 aromatic heterocycles. The number of ether oxygens (including phenoxy) is 3. The van der Waals surface area contributed by atoms with Crippen LogP contribution in [0.15, 0.2) is 41.5 Å². The van der Waals surface area contributed by atoms with Crippen molar-refractivity contribution in [2.24, 2.45) is 5.10 Å². The van der Waals surface area contributed by atoms with Gasteiger partial charge in [0.05, 0.1) is 38.3 Å². The van der Waals surface area contributed by atoms with E-state index in [4.69, 9.17) is 19.3 Å². The largest absolute Gasteiger partial charge is 0.493 e. The van der Waals surface area contributed by atoms with E-state index in [2.05, 4.69) is 10.5 Å². The van der Waals surface area contributed by atoms with Crippen molar-refractivity contribution >= 4 is 17.9 Å². The Hall–Kier alpha value is -3.22. The average Bonchev–Trinajstić information content (AvgIpc) is 2.66. The van der Waals surface area contributed by atoms with E-state index in [1.165, 1.54) is 12.1 Å². The first kappa shape index (κ1) is 19.1. The zero-order valence-electron chi connectivity index (χ0n) is 15.0. The molecule has 0 saturated heterocycles. The molecule has 0 aliphatic rings. The summed E-state index contributed by atoms with van der Waals surface area (Å²) in [5.74, 6) is 0.658. The molecule has 0 bridgehead atoms. The van der Waals surface area contributed by atoms with Gasteiger partial charge in [-0.25, -0.2) is 4.79 Å². The Kier molecular flexibility index (Phi) is 6.84. The predicted octanol–water partition coefficient (Wildman–Crippen LogP) is 3.64. The molecule has 0 heterocycles. The Morgan fingerprint density at radius 1 is 1.19 bits per heavy atom. The number of hydrazone groups is 1. The van der Waals surface area contributed by atoms with Crippen molar-refractivity contribution in [2.45, 2.75) is 13.3 Å².